The average Bonchev–Trinajstić information content (AvgIpc) is 2.77. The molecule has 29 heavy (non-hydrogen) atoms. The van der Waals surface area contributed by atoms with Gasteiger partial charge in [0.25, 0.3) is 0 Å². The van der Waals surface area contributed by atoms with Gasteiger partial charge in [-0.15, -0.1) is 0 Å². The Kier molecular flexibility index (Phi) is 8.46. The molecule has 3 nitrogen and oxygen atoms in total. The van der Waals surface area contributed by atoms with Gasteiger partial charge in [0.1, 0.15) is 17.2 Å². The van der Waals surface area contributed by atoms with E-state index in [2.05, 4.69) is 36.5 Å². The van der Waals surface area contributed by atoms with Crippen molar-refractivity contribution < 1.29 is 9.47 Å². The van der Waals surface area contributed by atoms with Crippen LogP contribution in [-0.4, -0.2) is 6.61 Å². The molecular formula is C26H31NO2. The van der Waals surface area contributed by atoms with Gasteiger partial charge in [-0.2, -0.15) is 0 Å². The van der Waals surface area contributed by atoms with Gasteiger partial charge in [-0.05, 0) is 60.5 Å². The molecule has 0 atom stereocenters. The minimum absolute atomic E-state index is 0.774. The summed E-state index contributed by atoms with van der Waals surface area (Å²) in [4.78, 5) is 0. The molecule has 3 aromatic rings. The molecule has 0 spiro atoms. The van der Waals surface area contributed by atoms with E-state index in [-0.39, 0.29) is 0 Å². The van der Waals surface area contributed by atoms with Crippen LogP contribution in [0.5, 0.6) is 17.2 Å². The first-order valence-corrected chi connectivity index (χ1v) is 10.6. The Morgan fingerprint density at radius 2 is 1.31 bits per heavy atom. The molecule has 1 N–H and O–H groups in total. The molecule has 152 valence electrons. The molecule has 0 aliphatic carbocycles. The molecule has 3 rings (SSSR count). The molecule has 0 fully saturated rings. The molecule has 0 aliphatic rings. The van der Waals surface area contributed by atoms with Crippen molar-refractivity contribution >= 4 is 5.69 Å². The van der Waals surface area contributed by atoms with Gasteiger partial charge in [0, 0.05) is 12.2 Å². The summed E-state index contributed by atoms with van der Waals surface area (Å²) in [5.41, 5.74) is 2.29. The van der Waals surface area contributed by atoms with Gasteiger partial charge in [-0.25, -0.2) is 0 Å². The van der Waals surface area contributed by atoms with Gasteiger partial charge in [0.2, 0.25) is 0 Å². The van der Waals surface area contributed by atoms with Crippen molar-refractivity contribution in [3.63, 3.8) is 0 Å². The smallest absolute Gasteiger partial charge is 0.127 e. The van der Waals surface area contributed by atoms with Crippen molar-refractivity contribution in [1.29, 1.82) is 0 Å². The topological polar surface area (TPSA) is 30.5 Å². The highest BCUT2D eigenvalue weighted by Crippen LogP contribution is 2.23. The maximum Gasteiger partial charge on any atom is 0.127 e. The number of ether oxygens (including phenoxy) is 2. The zero-order valence-electron chi connectivity index (χ0n) is 17.3. The third-order valence-corrected chi connectivity index (χ3v) is 4.77. The lowest BCUT2D eigenvalue weighted by Gasteiger charge is -2.10. The summed E-state index contributed by atoms with van der Waals surface area (Å²) in [5, 5.41) is 3.45. The molecule has 0 saturated heterocycles. The van der Waals surface area contributed by atoms with Gasteiger partial charge < -0.3 is 14.8 Å². The summed E-state index contributed by atoms with van der Waals surface area (Å²) < 4.78 is 11.7. The van der Waals surface area contributed by atoms with Crippen molar-refractivity contribution in [2.24, 2.45) is 0 Å². The summed E-state index contributed by atoms with van der Waals surface area (Å²) >= 11 is 0. The number of unbranched alkanes of at least 4 members (excludes halogenated alkanes) is 4. The predicted molar refractivity (Wildman–Crippen MR) is 121 cm³/mol. The summed E-state index contributed by atoms with van der Waals surface area (Å²) in [6.45, 7) is 3.82. The standard InChI is InChI=1S/C26H31NO2/c1-2-3-4-5-9-20-28-24-16-12-22(13-17-24)21-27-23-14-18-26(19-15-23)29-25-10-7-6-8-11-25/h6-8,10-19,27H,2-5,9,20-21H2,1H3. The van der Waals surface area contributed by atoms with Crippen molar-refractivity contribution in [2.45, 2.75) is 45.6 Å². The molecule has 0 saturated carbocycles. The van der Waals surface area contributed by atoms with Gasteiger partial charge in [-0.3, -0.25) is 0 Å². The number of hydrogen-bond donors (Lipinski definition) is 1. The van der Waals surface area contributed by atoms with E-state index in [0.717, 1.165) is 42.5 Å². The molecule has 0 bridgehead atoms. The van der Waals surface area contributed by atoms with Crippen molar-refractivity contribution in [3.8, 4) is 17.2 Å². The highest BCUT2D eigenvalue weighted by molar-refractivity contribution is 5.47. The van der Waals surface area contributed by atoms with Crippen LogP contribution in [-0.2, 0) is 6.54 Å². The van der Waals surface area contributed by atoms with E-state index in [1.54, 1.807) is 0 Å². The number of nitrogens with one attached hydrogen (secondary N) is 1. The Morgan fingerprint density at radius 1 is 0.655 bits per heavy atom. The van der Waals surface area contributed by atoms with Crippen LogP contribution in [0.15, 0.2) is 78.9 Å². The lowest BCUT2D eigenvalue weighted by molar-refractivity contribution is 0.304. The second-order valence-electron chi connectivity index (χ2n) is 7.20. The van der Waals surface area contributed by atoms with E-state index < -0.39 is 0 Å². The maximum atomic E-state index is 5.83. The summed E-state index contributed by atoms with van der Waals surface area (Å²) in [5.74, 6) is 2.63. The fraction of sp³-hybridized carbons (Fsp3) is 0.308. The van der Waals surface area contributed by atoms with Crippen LogP contribution >= 0.6 is 0 Å². The molecule has 0 unspecified atom stereocenters. The Hall–Kier alpha value is -2.94. The van der Waals surface area contributed by atoms with Gasteiger partial charge in [0.05, 0.1) is 6.61 Å². The van der Waals surface area contributed by atoms with Crippen molar-refractivity contribution in [3.05, 3.63) is 84.4 Å². The summed E-state index contributed by atoms with van der Waals surface area (Å²) in [6.07, 6.45) is 6.30. The van der Waals surface area contributed by atoms with Crippen LogP contribution < -0.4 is 14.8 Å². The number of anilines is 1. The van der Waals surface area contributed by atoms with Gasteiger partial charge >= 0.3 is 0 Å². The largest absolute Gasteiger partial charge is 0.494 e. The fourth-order valence-corrected chi connectivity index (χ4v) is 3.07. The third-order valence-electron chi connectivity index (χ3n) is 4.77. The second kappa shape index (κ2) is 11.8. The van der Waals surface area contributed by atoms with Crippen LogP contribution in [0.4, 0.5) is 5.69 Å². The summed E-state index contributed by atoms with van der Waals surface area (Å²) in [7, 11) is 0. The number of para-hydroxylation sites is 1. The Balaban J connectivity index is 1.39. The molecular weight excluding hydrogens is 358 g/mol. The molecule has 0 heterocycles. The molecule has 0 amide bonds. The summed E-state index contributed by atoms with van der Waals surface area (Å²) in [6, 6.07) is 26.2. The van der Waals surface area contributed by atoms with E-state index in [1.165, 1.54) is 31.2 Å². The Labute approximate surface area is 174 Å². The SMILES string of the molecule is CCCCCCCOc1ccc(CNc2ccc(Oc3ccccc3)cc2)cc1. The monoisotopic (exact) mass is 389 g/mol. The van der Waals surface area contributed by atoms with Crippen molar-refractivity contribution in [2.75, 3.05) is 11.9 Å². The van der Waals surface area contributed by atoms with Gasteiger partial charge in [0.15, 0.2) is 0 Å². The fourth-order valence-electron chi connectivity index (χ4n) is 3.07. The first kappa shape index (κ1) is 20.8. The molecule has 3 aromatic carbocycles. The van der Waals surface area contributed by atoms with Crippen molar-refractivity contribution in [1.82, 2.24) is 0 Å². The van der Waals surface area contributed by atoms with E-state index in [0.29, 0.717) is 0 Å². The highest BCUT2D eigenvalue weighted by Gasteiger charge is 1.99. The zero-order chi connectivity index (χ0) is 20.2. The Bertz CT molecular complexity index is 814. The maximum absolute atomic E-state index is 5.83. The molecule has 0 aromatic heterocycles. The Morgan fingerprint density at radius 3 is 2.03 bits per heavy atom. The van der Waals surface area contributed by atoms with E-state index in [1.807, 2.05) is 54.6 Å². The van der Waals surface area contributed by atoms with Crippen LogP contribution in [0.25, 0.3) is 0 Å². The minimum atomic E-state index is 0.774. The van der Waals surface area contributed by atoms with Crippen LogP contribution in [0.2, 0.25) is 0 Å². The number of benzene rings is 3. The number of rotatable bonds is 12. The lowest BCUT2D eigenvalue weighted by Crippen LogP contribution is -2.00. The average molecular weight is 390 g/mol. The second-order valence-corrected chi connectivity index (χ2v) is 7.20. The first-order valence-electron chi connectivity index (χ1n) is 10.6. The minimum Gasteiger partial charge on any atom is -0.494 e. The van der Waals surface area contributed by atoms with Gasteiger partial charge in [-0.1, -0.05) is 62.9 Å². The third kappa shape index (κ3) is 7.53. The molecule has 0 aliphatic heterocycles. The van der Waals surface area contributed by atoms with E-state index in [4.69, 9.17) is 9.47 Å². The highest BCUT2D eigenvalue weighted by atomic mass is 16.5. The van der Waals surface area contributed by atoms with Crippen LogP contribution in [0.1, 0.15) is 44.6 Å². The molecule has 3 heteroatoms. The zero-order valence-corrected chi connectivity index (χ0v) is 17.3. The van der Waals surface area contributed by atoms with E-state index >= 15 is 0 Å². The predicted octanol–water partition coefficient (Wildman–Crippen LogP) is 7.44. The van der Waals surface area contributed by atoms with Crippen LogP contribution in [0.3, 0.4) is 0 Å². The number of hydrogen-bond acceptors (Lipinski definition) is 3. The van der Waals surface area contributed by atoms with Crippen LogP contribution in [0, 0.1) is 0 Å². The first-order chi connectivity index (χ1) is 14.3. The molecule has 0 radical (unpaired) electrons. The van der Waals surface area contributed by atoms with E-state index in [9.17, 15) is 0 Å². The lowest BCUT2D eigenvalue weighted by atomic mass is 10.2. The normalized spacial score (nSPS) is 10.5. The quantitative estimate of drug-likeness (QED) is 0.326.